The van der Waals surface area contributed by atoms with Crippen molar-refractivity contribution >= 4 is 26.0 Å². The Labute approximate surface area is 122 Å². The third-order valence-corrected chi connectivity index (χ3v) is 7.79. The largest absolute Gasteiger partial charge is 0.338 e. The van der Waals surface area contributed by atoms with E-state index in [1.54, 1.807) is 6.92 Å². The molecule has 0 saturated carbocycles. The van der Waals surface area contributed by atoms with Crippen LogP contribution in [-0.2, 0) is 18.2 Å². The number of nitro groups is 1. The summed E-state index contributed by atoms with van der Waals surface area (Å²) in [7, 11) is -7.84. The second kappa shape index (κ2) is 7.29. The normalized spacial score (nSPS) is 16.9. The Morgan fingerprint density at radius 3 is 2.38 bits per heavy atom. The summed E-state index contributed by atoms with van der Waals surface area (Å²) in [6.07, 6.45) is 0. The minimum Gasteiger partial charge on any atom is -0.325 e. The van der Waals surface area contributed by atoms with Gasteiger partial charge in [-0.25, -0.2) is 0 Å². The molecule has 0 aliphatic rings. The van der Waals surface area contributed by atoms with Gasteiger partial charge in [-0.3, -0.25) is 19.2 Å². The number of non-ortho nitro benzene ring substituents is 1. The van der Waals surface area contributed by atoms with Gasteiger partial charge in [-0.05, 0) is 19.9 Å². The number of rotatable bonds is 8. The molecule has 2 unspecified atom stereocenters. The van der Waals surface area contributed by atoms with Gasteiger partial charge in [0, 0.05) is 17.4 Å². The van der Waals surface area contributed by atoms with Crippen LogP contribution in [0.2, 0.25) is 0 Å². The van der Waals surface area contributed by atoms with E-state index < -0.39 is 25.8 Å². The predicted molar refractivity (Wildman–Crippen MR) is 78.3 cm³/mol. The molecule has 118 valence electrons. The molecule has 0 radical (unpaired) electrons. The number of nitrogens with zero attached hydrogens (tertiary/aromatic N) is 1. The van der Waals surface area contributed by atoms with Crippen LogP contribution in [0.5, 0.6) is 0 Å². The molecule has 0 fully saturated rings. The summed E-state index contributed by atoms with van der Waals surface area (Å²) in [6, 6.07) is 5.04. The Balaban J connectivity index is 3.21. The van der Waals surface area contributed by atoms with E-state index in [0.29, 0.717) is 0 Å². The third-order valence-electron chi connectivity index (χ3n) is 2.47. The SMILES string of the molecule is CCOP(=O)(O)CP(=O)(OCC)c1cccc([N+](=O)[O-])c1. The van der Waals surface area contributed by atoms with E-state index in [0.717, 1.165) is 6.07 Å². The molecule has 0 aromatic heterocycles. The van der Waals surface area contributed by atoms with Crippen LogP contribution in [0, 0.1) is 10.1 Å². The van der Waals surface area contributed by atoms with E-state index in [-0.39, 0.29) is 24.2 Å². The highest BCUT2D eigenvalue weighted by Gasteiger charge is 2.37. The van der Waals surface area contributed by atoms with E-state index >= 15 is 0 Å². The summed E-state index contributed by atoms with van der Waals surface area (Å²) in [5, 5.41) is 10.8. The monoisotopic (exact) mass is 337 g/mol. The molecule has 0 heterocycles. The summed E-state index contributed by atoms with van der Waals surface area (Å²) < 4.78 is 34.5. The second-order valence-electron chi connectivity index (χ2n) is 4.06. The van der Waals surface area contributed by atoms with Crippen LogP contribution < -0.4 is 5.30 Å². The molecule has 0 aliphatic carbocycles. The van der Waals surface area contributed by atoms with E-state index in [1.165, 1.54) is 25.1 Å². The minimum atomic E-state index is -4.11. The fraction of sp³-hybridized carbons (Fsp3) is 0.455. The molecule has 10 heteroatoms. The number of nitro benzene ring substituents is 1. The Bertz CT molecular complexity index is 604. The average molecular weight is 337 g/mol. The van der Waals surface area contributed by atoms with Gasteiger partial charge in [0.15, 0.2) is 0 Å². The van der Waals surface area contributed by atoms with Crippen molar-refractivity contribution in [2.45, 2.75) is 13.8 Å². The summed E-state index contributed by atoms with van der Waals surface area (Å²) in [5.74, 6) is -0.719. The molecule has 0 amide bonds. The molecule has 21 heavy (non-hydrogen) atoms. The van der Waals surface area contributed by atoms with E-state index in [4.69, 9.17) is 9.05 Å². The summed E-state index contributed by atoms with van der Waals surface area (Å²) >= 11 is 0. The van der Waals surface area contributed by atoms with Gasteiger partial charge in [0.2, 0.25) is 7.37 Å². The molecule has 1 aromatic rings. The van der Waals surface area contributed by atoms with Crippen LogP contribution in [0.3, 0.4) is 0 Å². The first-order valence-electron chi connectivity index (χ1n) is 6.19. The molecule has 1 rings (SSSR count). The molecular weight excluding hydrogens is 320 g/mol. The Morgan fingerprint density at radius 2 is 1.86 bits per heavy atom. The van der Waals surface area contributed by atoms with E-state index in [9.17, 15) is 24.1 Å². The van der Waals surface area contributed by atoms with Crippen molar-refractivity contribution in [3.63, 3.8) is 0 Å². The van der Waals surface area contributed by atoms with Gasteiger partial charge in [-0.2, -0.15) is 0 Å². The summed E-state index contributed by atoms with van der Waals surface area (Å²) in [5.41, 5.74) is -0.267. The smallest absolute Gasteiger partial charge is 0.325 e. The summed E-state index contributed by atoms with van der Waals surface area (Å²) in [4.78, 5) is 19.8. The van der Waals surface area contributed by atoms with E-state index in [1.807, 2.05) is 0 Å². The zero-order chi connectivity index (χ0) is 16.1. The number of benzene rings is 1. The quantitative estimate of drug-likeness (QED) is 0.440. The van der Waals surface area contributed by atoms with Gasteiger partial charge in [0.1, 0.15) is 5.90 Å². The number of hydrogen-bond acceptors (Lipinski definition) is 6. The van der Waals surface area contributed by atoms with Crippen molar-refractivity contribution in [3.05, 3.63) is 34.4 Å². The van der Waals surface area contributed by atoms with Crippen LogP contribution >= 0.6 is 15.0 Å². The van der Waals surface area contributed by atoms with Gasteiger partial charge < -0.3 is 13.9 Å². The van der Waals surface area contributed by atoms with Crippen LogP contribution in [0.4, 0.5) is 5.69 Å². The molecule has 1 aromatic carbocycles. The Hall–Kier alpha value is -1.04. The maximum Gasteiger partial charge on any atom is 0.338 e. The molecule has 8 nitrogen and oxygen atoms in total. The van der Waals surface area contributed by atoms with Crippen molar-refractivity contribution in [1.29, 1.82) is 0 Å². The van der Waals surface area contributed by atoms with Crippen molar-refractivity contribution in [2.24, 2.45) is 0 Å². The first-order valence-corrected chi connectivity index (χ1v) is 9.76. The predicted octanol–water partition coefficient (Wildman–Crippen LogP) is 2.71. The molecular formula is C11H17NO7P2. The zero-order valence-corrected chi connectivity index (χ0v) is 13.5. The fourth-order valence-electron chi connectivity index (χ4n) is 1.70. The summed E-state index contributed by atoms with van der Waals surface area (Å²) in [6.45, 7) is 3.12. The van der Waals surface area contributed by atoms with Gasteiger partial charge in [0.25, 0.3) is 5.69 Å². The van der Waals surface area contributed by atoms with Gasteiger partial charge in [-0.15, -0.1) is 0 Å². The maximum atomic E-state index is 12.8. The highest BCUT2D eigenvalue weighted by atomic mass is 31.2. The molecule has 0 bridgehead atoms. The van der Waals surface area contributed by atoms with Crippen molar-refractivity contribution < 1.29 is 28.0 Å². The van der Waals surface area contributed by atoms with Crippen molar-refractivity contribution in [2.75, 3.05) is 19.1 Å². The lowest BCUT2D eigenvalue weighted by Gasteiger charge is -2.20. The highest BCUT2D eigenvalue weighted by Crippen LogP contribution is 2.60. The Morgan fingerprint density at radius 1 is 1.24 bits per heavy atom. The fourth-order valence-corrected chi connectivity index (χ4v) is 6.50. The lowest BCUT2D eigenvalue weighted by Crippen LogP contribution is -2.12. The molecule has 0 aliphatic heterocycles. The van der Waals surface area contributed by atoms with Crippen LogP contribution in [0.25, 0.3) is 0 Å². The lowest BCUT2D eigenvalue weighted by molar-refractivity contribution is -0.384. The molecule has 2 atom stereocenters. The minimum absolute atomic E-state index is 0.0190. The molecule has 0 saturated heterocycles. The van der Waals surface area contributed by atoms with Crippen LogP contribution in [-0.4, -0.2) is 28.9 Å². The van der Waals surface area contributed by atoms with E-state index in [2.05, 4.69) is 0 Å². The zero-order valence-electron chi connectivity index (χ0n) is 11.7. The van der Waals surface area contributed by atoms with Crippen molar-refractivity contribution in [1.82, 2.24) is 0 Å². The van der Waals surface area contributed by atoms with Crippen LogP contribution in [0.1, 0.15) is 13.8 Å². The lowest BCUT2D eigenvalue weighted by atomic mass is 10.3. The van der Waals surface area contributed by atoms with Crippen molar-refractivity contribution in [3.8, 4) is 0 Å². The Kier molecular flexibility index (Phi) is 6.25. The topological polar surface area (TPSA) is 116 Å². The first-order chi connectivity index (χ1) is 9.74. The van der Waals surface area contributed by atoms with Gasteiger partial charge in [-0.1, -0.05) is 6.07 Å². The third kappa shape index (κ3) is 5.02. The second-order valence-corrected chi connectivity index (χ2v) is 8.85. The maximum absolute atomic E-state index is 12.8. The standard InChI is InChI=1S/C11H17NO7P2/c1-3-18-20(15,9-21(16,17)19-4-2)11-7-5-6-10(8-11)12(13)14/h5-8H,3-4,9H2,1-2H3,(H,16,17). The highest BCUT2D eigenvalue weighted by molar-refractivity contribution is 7.78. The molecule has 1 N–H and O–H groups in total. The average Bonchev–Trinajstić information content (AvgIpc) is 2.38. The van der Waals surface area contributed by atoms with Gasteiger partial charge in [0.05, 0.1) is 18.1 Å². The number of hydrogen-bond donors (Lipinski definition) is 1. The first kappa shape index (κ1) is 18.0. The van der Waals surface area contributed by atoms with Crippen LogP contribution in [0.15, 0.2) is 24.3 Å². The van der Waals surface area contributed by atoms with Gasteiger partial charge >= 0.3 is 7.60 Å². The molecule has 0 spiro atoms.